The van der Waals surface area contributed by atoms with Crippen LogP contribution in [0.25, 0.3) is 17.2 Å². The van der Waals surface area contributed by atoms with E-state index in [1.807, 2.05) is 0 Å². The molecule has 202 valence electrons. The highest BCUT2D eigenvalue weighted by Crippen LogP contribution is 2.43. The topological polar surface area (TPSA) is 40.5 Å². The van der Waals surface area contributed by atoms with Crippen LogP contribution >= 0.6 is 23.2 Å². The number of hydrogen-bond donors (Lipinski definition) is 1. The van der Waals surface area contributed by atoms with Crippen LogP contribution in [-0.4, -0.2) is 42.3 Å². The van der Waals surface area contributed by atoms with E-state index in [1.54, 1.807) is 36.4 Å². The number of carboxylic acid groups (broad SMARTS) is 1. The van der Waals surface area contributed by atoms with Gasteiger partial charge in [-0.1, -0.05) is 41.4 Å². The molecule has 3 aromatic rings. The van der Waals surface area contributed by atoms with Gasteiger partial charge in [-0.15, -0.1) is 0 Å². The van der Waals surface area contributed by atoms with E-state index < -0.39 is 17.6 Å². The van der Waals surface area contributed by atoms with Crippen molar-refractivity contribution in [3.8, 4) is 0 Å². The maximum atomic E-state index is 15.9. The molecular formula is C31H26Cl2F3NO2. The number of aryl methyl sites for hydroxylation is 1. The van der Waals surface area contributed by atoms with E-state index in [-0.39, 0.29) is 23.4 Å². The summed E-state index contributed by atoms with van der Waals surface area (Å²) in [5.41, 5.74) is 4.61. The molecule has 1 aliphatic heterocycles. The van der Waals surface area contributed by atoms with Gasteiger partial charge >= 0.3 is 5.97 Å². The Bertz CT molecular complexity index is 1510. The standard InChI is InChI=1S/C31H26Cl2F3NO2/c32-22-6-8-24(27(33)14-22)25-4-1-3-19-12-20(31(38)39)5-7-23(19)30(25)26-15-28(35)21(13-29(26)36)11-18-16-37(17-18)10-2-9-34/h5-8,11-15H,1-4,9-10,16-17H2,(H,38,39). The molecule has 1 fully saturated rings. The number of rotatable bonds is 7. The number of fused-ring (bicyclic) bond motifs is 1. The van der Waals surface area contributed by atoms with Gasteiger partial charge < -0.3 is 5.11 Å². The van der Waals surface area contributed by atoms with E-state index in [2.05, 4.69) is 4.90 Å². The molecule has 2 aliphatic rings. The van der Waals surface area contributed by atoms with Crippen molar-refractivity contribution in [3.05, 3.63) is 109 Å². The zero-order chi connectivity index (χ0) is 27.7. The molecule has 0 aromatic heterocycles. The van der Waals surface area contributed by atoms with Crippen LogP contribution in [0.2, 0.25) is 10.0 Å². The third kappa shape index (κ3) is 5.79. The van der Waals surface area contributed by atoms with Gasteiger partial charge in [0.05, 0.1) is 12.2 Å². The summed E-state index contributed by atoms with van der Waals surface area (Å²) in [5, 5.41) is 10.4. The lowest BCUT2D eigenvalue weighted by Crippen LogP contribution is -2.40. The third-order valence-electron chi connectivity index (χ3n) is 7.23. The number of alkyl halides is 1. The van der Waals surface area contributed by atoms with Crippen LogP contribution in [-0.2, 0) is 6.42 Å². The Labute approximate surface area is 235 Å². The minimum atomic E-state index is -1.05. The van der Waals surface area contributed by atoms with E-state index >= 15 is 8.78 Å². The van der Waals surface area contributed by atoms with Crippen LogP contribution in [0.5, 0.6) is 0 Å². The van der Waals surface area contributed by atoms with Crippen molar-refractivity contribution < 1.29 is 23.1 Å². The quantitative estimate of drug-likeness (QED) is 0.310. The van der Waals surface area contributed by atoms with Gasteiger partial charge in [-0.25, -0.2) is 13.6 Å². The molecule has 39 heavy (non-hydrogen) atoms. The zero-order valence-electron chi connectivity index (χ0n) is 21.0. The van der Waals surface area contributed by atoms with Crippen molar-refractivity contribution in [1.29, 1.82) is 0 Å². The molecule has 1 aliphatic carbocycles. The maximum absolute atomic E-state index is 15.9. The van der Waals surface area contributed by atoms with E-state index in [4.69, 9.17) is 23.2 Å². The number of nitrogens with zero attached hydrogens (tertiary/aromatic N) is 1. The highest BCUT2D eigenvalue weighted by Gasteiger charge is 2.26. The van der Waals surface area contributed by atoms with Crippen molar-refractivity contribution >= 4 is 46.4 Å². The smallest absolute Gasteiger partial charge is 0.335 e. The molecule has 1 N–H and O–H groups in total. The molecule has 3 aromatic carbocycles. The predicted octanol–water partition coefficient (Wildman–Crippen LogP) is 8.32. The first kappa shape index (κ1) is 27.5. The van der Waals surface area contributed by atoms with Gasteiger partial charge in [-0.2, -0.15) is 0 Å². The normalized spacial score (nSPS) is 15.6. The fourth-order valence-electron chi connectivity index (χ4n) is 5.38. The maximum Gasteiger partial charge on any atom is 0.335 e. The lowest BCUT2D eigenvalue weighted by molar-refractivity contribution is 0.0696. The van der Waals surface area contributed by atoms with Crippen molar-refractivity contribution in [1.82, 2.24) is 4.90 Å². The van der Waals surface area contributed by atoms with E-state index in [9.17, 15) is 14.3 Å². The molecule has 3 nitrogen and oxygen atoms in total. The van der Waals surface area contributed by atoms with Crippen LogP contribution in [0.4, 0.5) is 13.2 Å². The molecule has 0 unspecified atom stereocenters. The highest BCUT2D eigenvalue weighted by molar-refractivity contribution is 6.36. The Kier molecular flexibility index (Phi) is 8.17. The Balaban J connectivity index is 1.64. The number of hydrogen-bond acceptors (Lipinski definition) is 2. The number of halogens is 5. The van der Waals surface area contributed by atoms with Crippen molar-refractivity contribution in [2.45, 2.75) is 25.7 Å². The van der Waals surface area contributed by atoms with Crippen LogP contribution in [0.1, 0.15) is 57.4 Å². The summed E-state index contributed by atoms with van der Waals surface area (Å²) in [5.74, 6) is -2.21. The van der Waals surface area contributed by atoms with Crippen molar-refractivity contribution in [2.24, 2.45) is 0 Å². The predicted molar refractivity (Wildman–Crippen MR) is 150 cm³/mol. The average molecular weight is 572 g/mol. The first-order valence-electron chi connectivity index (χ1n) is 12.8. The minimum absolute atomic E-state index is 0.0834. The molecule has 1 saturated heterocycles. The SMILES string of the molecule is O=C(O)c1ccc2c(c1)CCCC(c1ccc(Cl)cc1Cl)=C2c1cc(F)c(C=C2CN(CCCF)C2)cc1F. The molecule has 0 amide bonds. The highest BCUT2D eigenvalue weighted by atomic mass is 35.5. The third-order valence-corrected chi connectivity index (χ3v) is 7.78. The molecule has 8 heteroatoms. The van der Waals surface area contributed by atoms with Gasteiger partial charge in [-0.3, -0.25) is 9.29 Å². The zero-order valence-corrected chi connectivity index (χ0v) is 22.6. The lowest BCUT2D eigenvalue weighted by Gasteiger charge is -2.33. The minimum Gasteiger partial charge on any atom is -0.478 e. The fourth-order valence-corrected chi connectivity index (χ4v) is 5.90. The van der Waals surface area contributed by atoms with Crippen molar-refractivity contribution in [2.75, 3.05) is 26.3 Å². The molecular weight excluding hydrogens is 546 g/mol. The second-order valence-electron chi connectivity index (χ2n) is 9.92. The molecule has 0 radical (unpaired) electrons. The van der Waals surface area contributed by atoms with Crippen LogP contribution in [0.15, 0.2) is 54.1 Å². The summed E-state index contributed by atoms with van der Waals surface area (Å²) in [6.07, 6.45) is 3.87. The summed E-state index contributed by atoms with van der Waals surface area (Å²) >= 11 is 12.7. The summed E-state index contributed by atoms with van der Waals surface area (Å²) < 4.78 is 43.8. The van der Waals surface area contributed by atoms with Gasteiger partial charge in [0, 0.05) is 40.8 Å². The number of carboxylic acids is 1. The van der Waals surface area contributed by atoms with E-state index in [0.717, 1.165) is 16.7 Å². The summed E-state index contributed by atoms with van der Waals surface area (Å²) in [6, 6.07) is 12.2. The number of aromatic carboxylic acids is 1. The number of allylic oxidation sites excluding steroid dienone is 1. The average Bonchev–Trinajstić information content (AvgIpc) is 3.06. The van der Waals surface area contributed by atoms with Crippen LogP contribution in [0, 0.1) is 11.6 Å². The monoisotopic (exact) mass is 571 g/mol. The van der Waals surface area contributed by atoms with Gasteiger partial charge in [0.2, 0.25) is 0 Å². The summed E-state index contributed by atoms with van der Waals surface area (Å²) in [6.45, 7) is 1.46. The molecule has 0 bridgehead atoms. The second-order valence-corrected chi connectivity index (χ2v) is 10.8. The van der Waals surface area contributed by atoms with E-state index in [1.165, 1.54) is 18.2 Å². The lowest BCUT2D eigenvalue weighted by atomic mass is 9.86. The summed E-state index contributed by atoms with van der Waals surface area (Å²) in [7, 11) is 0. The van der Waals surface area contributed by atoms with Gasteiger partial charge in [0.1, 0.15) is 11.6 Å². The number of likely N-dealkylation sites (tertiary alicyclic amines) is 1. The number of carbonyl (C=O) groups is 1. The Hall–Kier alpha value is -3.06. The molecule has 5 rings (SSSR count). The van der Waals surface area contributed by atoms with Crippen molar-refractivity contribution in [3.63, 3.8) is 0 Å². The van der Waals surface area contributed by atoms with Gasteiger partial charge in [0.15, 0.2) is 0 Å². The first-order valence-corrected chi connectivity index (χ1v) is 13.5. The molecule has 0 saturated carbocycles. The van der Waals surface area contributed by atoms with Gasteiger partial charge in [-0.05, 0) is 95.5 Å². The second kappa shape index (κ2) is 11.6. The van der Waals surface area contributed by atoms with Crippen LogP contribution in [0.3, 0.4) is 0 Å². The Morgan fingerprint density at radius 2 is 1.72 bits per heavy atom. The summed E-state index contributed by atoms with van der Waals surface area (Å²) in [4.78, 5) is 13.7. The van der Waals surface area contributed by atoms with E-state index in [0.29, 0.717) is 72.1 Å². The van der Waals surface area contributed by atoms with Crippen LogP contribution < -0.4 is 0 Å². The van der Waals surface area contributed by atoms with Gasteiger partial charge in [0.25, 0.3) is 0 Å². The first-order chi connectivity index (χ1) is 18.7. The largest absolute Gasteiger partial charge is 0.478 e. The Morgan fingerprint density at radius 1 is 0.949 bits per heavy atom. The number of benzene rings is 3. The molecule has 0 atom stereocenters. The molecule has 1 heterocycles. The molecule has 0 spiro atoms. The Morgan fingerprint density at radius 3 is 2.44 bits per heavy atom. The fraction of sp³-hybridized carbons (Fsp3) is 0.258.